The van der Waals surface area contributed by atoms with Gasteiger partial charge in [-0.3, -0.25) is 0 Å². The first-order valence-corrected chi connectivity index (χ1v) is 9.92. The summed E-state index contributed by atoms with van der Waals surface area (Å²) in [6.07, 6.45) is 21.5. The molecule has 0 amide bonds. The lowest BCUT2D eigenvalue weighted by atomic mass is 10.0. The van der Waals surface area contributed by atoms with E-state index in [1.54, 1.807) is 0 Å². The fraction of sp³-hybridized carbons (Fsp3) is 1.00. The van der Waals surface area contributed by atoms with Crippen molar-refractivity contribution < 1.29 is 4.74 Å². The minimum atomic E-state index is 0.451. The second kappa shape index (κ2) is 18.0. The molecule has 1 unspecified atom stereocenters. The highest BCUT2D eigenvalue weighted by Gasteiger charge is 1.97. The molecule has 0 aliphatic carbocycles. The first-order valence-electron chi connectivity index (χ1n) is 9.92. The van der Waals surface area contributed by atoms with Crippen molar-refractivity contribution in [3.63, 3.8) is 0 Å². The Balaban J connectivity index is 2.96. The van der Waals surface area contributed by atoms with Crippen molar-refractivity contribution in [3.8, 4) is 0 Å². The average Bonchev–Trinajstić information content (AvgIpc) is 2.50. The van der Waals surface area contributed by atoms with Crippen LogP contribution in [0, 0.1) is 0 Å². The molecule has 0 heterocycles. The number of hydrogen-bond acceptors (Lipinski definition) is 1. The lowest BCUT2D eigenvalue weighted by molar-refractivity contribution is 0.0608. The van der Waals surface area contributed by atoms with E-state index >= 15 is 0 Å². The predicted octanol–water partition coefficient (Wildman–Crippen LogP) is 7.28. The van der Waals surface area contributed by atoms with E-state index < -0.39 is 0 Å². The van der Waals surface area contributed by atoms with Gasteiger partial charge in [-0.25, -0.2) is 0 Å². The van der Waals surface area contributed by atoms with Crippen LogP contribution in [0.15, 0.2) is 0 Å². The van der Waals surface area contributed by atoms with Crippen LogP contribution in [0.5, 0.6) is 0 Å². The third-order valence-electron chi connectivity index (χ3n) is 4.48. The van der Waals surface area contributed by atoms with Gasteiger partial charge in [-0.05, 0) is 19.8 Å². The van der Waals surface area contributed by atoms with Crippen molar-refractivity contribution in [2.75, 3.05) is 6.61 Å². The van der Waals surface area contributed by atoms with Gasteiger partial charge in [-0.15, -0.1) is 0 Å². The molecule has 1 nitrogen and oxygen atoms in total. The summed E-state index contributed by atoms with van der Waals surface area (Å²) in [5.74, 6) is 0. The fourth-order valence-corrected chi connectivity index (χ4v) is 2.70. The van der Waals surface area contributed by atoms with Gasteiger partial charge in [0.1, 0.15) is 0 Å². The third kappa shape index (κ3) is 17.9. The molecule has 0 fully saturated rings. The lowest BCUT2D eigenvalue weighted by Crippen LogP contribution is -2.07. The zero-order valence-corrected chi connectivity index (χ0v) is 15.3. The fourth-order valence-electron chi connectivity index (χ4n) is 2.70. The summed E-state index contributed by atoms with van der Waals surface area (Å²) in [7, 11) is 0. The summed E-state index contributed by atoms with van der Waals surface area (Å²) in [6, 6.07) is 0. The molecule has 0 bridgehead atoms. The van der Waals surface area contributed by atoms with Gasteiger partial charge in [0.05, 0.1) is 6.10 Å². The van der Waals surface area contributed by atoms with Crippen molar-refractivity contribution in [1.82, 2.24) is 0 Å². The van der Waals surface area contributed by atoms with Crippen LogP contribution in [0.3, 0.4) is 0 Å². The maximum absolute atomic E-state index is 5.70. The molecule has 0 radical (unpaired) electrons. The predicted molar refractivity (Wildman–Crippen MR) is 96.0 cm³/mol. The van der Waals surface area contributed by atoms with Gasteiger partial charge in [0, 0.05) is 6.61 Å². The van der Waals surface area contributed by atoms with Crippen LogP contribution in [-0.2, 0) is 4.74 Å². The standard InChI is InChI=1S/C20H42O/c1-4-6-7-8-9-10-11-12-13-14-15-16-17-18-19-21-20(3)5-2/h20H,4-19H2,1-3H3. The molecule has 0 N–H and O–H groups in total. The maximum atomic E-state index is 5.70. The van der Waals surface area contributed by atoms with E-state index in [4.69, 9.17) is 4.74 Å². The second-order valence-corrected chi connectivity index (χ2v) is 6.69. The van der Waals surface area contributed by atoms with Crippen molar-refractivity contribution in [3.05, 3.63) is 0 Å². The molecule has 0 aromatic rings. The molecule has 0 aliphatic heterocycles. The van der Waals surface area contributed by atoms with Crippen LogP contribution >= 0.6 is 0 Å². The summed E-state index contributed by atoms with van der Waals surface area (Å²) >= 11 is 0. The van der Waals surface area contributed by atoms with Crippen LogP contribution in [0.4, 0.5) is 0 Å². The molecule has 0 aromatic heterocycles. The van der Waals surface area contributed by atoms with E-state index in [0.29, 0.717) is 6.10 Å². The lowest BCUT2D eigenvalue weighted by Gasteiger charge is -2.09. The van der Waals surface area contributed by atoms with Gasteiger partial charge in [0.25, 0.3) is 0 Å². The van der Waals surface area contributed by atoms with Crippen molar-refractivity contribution in [2.24, 2.45) is 0 Å². The van der Waals surface area contributed by atoms with E-state index in [2.05, 4.69) is 20.8 Å². The Bertz CT molecular complexity index is 179. The summed E-state index contributed by atoms with van der Waals surface area (Å²) in [6.45, 7) is 7.62. The molecular weight excluding hydrogens is 256 g/mol. The Labute approximate surface area is 135 Å². The third-order valence-corrected chi connectivity index (χ3v) is 4.48. The molecule has 0 aromatic carbocycles. The number of rotatable bonds is 17. The summed E-state index contributed by atoms with van der Waals surface area (Å²) < 4.78 is 5.70. The largest absolute Gasteiger partial charge is 0.379 e. The maximum Gasteiger partial charge on any atom is 0.0544 e. The average molecular weight is 299 g/mol. The minimum absolute atomic E-state index is 0.451. The van der Waals surface area contributed by atoms with E-state index in [1.165, 1.54) is 89.9 Å². The molecule has 21 heavy (non-hydrogen) atoms. The van der Waals surface area contributed by atoms with Crippen LogP contribution in [0.2, 0.25) is 0 Å². The number of unbranched alkanes of at least 4 members (excludes halogenated alkanes) is 13. The van der Waals surface area contributed by atoms with E-state index in [-0.39, 0.29) is 0 Å². The van der Waals surface area contributed by atoms with Crippen LogP contribution in [0.1, 0.15) is 117 Å². The quantitative estimate of drug-likeness (QED) is 0.256. The highest BCUT2D eigenvalue weighted by atomic mass is 16.5. The Morgan fingerprint density at radius 3 is 1.33 bits per heavy atom. The Morgan fingerprint density at radius 1 is 0.571 bits per heavy atom. The molecule has 0 aliphatic rings. The highest BCUT2D eigenvalue weighted by Crippen LogP contribution is 2.13. The van der Waals surface area contributed by atoms with Gasteiger partial charge >= 0.3 is 0 Å². The Kier molecular flexibility index (Phi) is 18.0. The topological polar surface area (TPSA) is 9.23 Å². The zero-order valence-electron chi connectivity index (χ0n) is 15.3. The summed E-state index contributed by atoms with van der Waals surface area (Å²) in [5, 5.41) is 0. The van der Waals surface area contributed by atoms with Gasteiger partial charge in [-0.2, -0.15) is 0 Å². The zero-order chi connectivity index (χ0) is 15.6. The molecule has 0 saturated heterocycles. The highest BCUT2D eigenvalue weighted by molar-refractivity contribution is 4.50. The van der Waals surface area contributed by atoms with Gasteiger partial charge in [0.2, 0.25) is 0 Å². The van der Waals surface area contributed by atoms with Gasteiger partial charge < -0.3 is 4.74 Å². The first kappa shape index (κ1) is 21.0. The normalized spacial score (nSPS) is 12.7. The minimum Gasteiger partial charge on any atom is -0.379 e. The van der Waals surface area contributed by atoms with Crippen LogP contribution < -0.4 is 0 Å². The molecule has 1 heteroatoms. The van der Waals surface area contributed by atoms with Crippen LogP contribution in [0.25, 0.3) is 0 Å². The number of ether oxygens (including phenoxy) is 1. The van der Waals surface area contributed by atoms with Crippen molar-refractivity contribution in [1.29, 1.82) is 0 Å². The monoisotopic (exact) mass is 298 g/mol. The molecule has 0 spiro atoms. The Morgan fingerprint density at radius 2 is 0.952 bits per heavy atom. The SMILES string of the molecule is CCCCCCCCCCCCCCCCOC(C)CC. The summed E-state index contributed by atoms with van der Waals surface area (Å²) in [4.78, 5) is 0. The van der Waals surface area contributed by atoms with E-state index in [9.17, 15) is 0 Å². The molecule has 0 rings (SSSR count). The van der Waals surface area contributed by atoms with Crippen molar-refractivity contribution in [2.45, 2.75) is 123 Å². The van der Waals surface area contributed by atoms with E-state index in [1.807, 2.05) is 0 Å². The van der Waals surface area contributed by atoms with Gasteiger partial charge in [0.15, 0.2) is 0 Å². The van der Waals surface area contributed by atoms with Gasteiger partial charge in [-0.1, -0.05) is 97.3 Å². The Hall–Kier alpha value is -0.0400. The van der Waals surface area contributed by atoms with Crippen LogP contribution in [-0.4, -0.2) is 12.7 Å². The molecule has 0 saturated carbocycles. The summed E-state index contributed by atoms with van der Waals surface area (Å²) in [5.41, 5.74) is 0. The number of hydrogen-bond donors (Lipinski definition) is 0. The molecule has 128 valence electrons. The van der Waals surface area contributed by atoms with Crippen molar-refractivity contribution >= 4 is 0 Å². The smallest absolute Gasteiger partial charge is 0.0544 e. The molecular formula is C20H42O. The first-order chi connectivity index (χ1) is 10.3. The molecule has 1 atom stereocenters. The second-order valence-electron chi connectivity index (χ2n) is 6.69. The van der Waals surface area contributed by atoms with E-state index in [0.717, 1.165) is 13.0 Å².